The summed E-state index contributed by atoms with van der Waals surface area (Å²) in [6, 6.07) is 3.72. The van der Waals surface area contributed by atoms with Gasteiger partial charge in [-0.05, 0) is 53.2 Å². The van der Waals surface area contributed by atoms with Crippen molar-refractivity contribution in [2.24, 2.45) is 5.92 Å². The van der Waals surface area contributed by atoms with Gasteiger partial charge in [0.05, 0.1) is 9.89 Å². The predicted octanol–water partition coefficient (Wildman–Crippen LogP) is 4.76. The summed E-state index contributed by atoms with van der Waals surface area (Å²) in [5, 5.41) is 10.0. The van der Waals surface area contributed by atoms with Crippen LogP contribution in [-0.2, 0) is 0 Å². The van der Waals surface area contributed by atoms with Crippen LogP contribution in [0.3, 0.4) is 0 Å². The zero-order chi connectivity index (χ0) is 12.5. The van der Waals surface area contributed by atoms with Crippen LogP contribution < -0.4 is 0 Å². The highest BCUT2D eigenvalue weighted by Gasteiger charge is 2.36. The highest BCUT2D eigenvalue weighted by Crippen LogP contribution is 2.41. The highest BCUT2D eigenvalue weighted by molar-refractivity contribution is 9.11. The molecule has 1 aliphatic carbocycles. The van der Waals surface area contributed by atoms with E-state index in [-0.39, 0.29) is 18.8 Å². The third kappa shape index (κ3) is 3.73. The molecule has 2 rings (SSSR count). The van der Waals surface area contributed by atoms with Gasteiger partial charge in [0, 0.05) is 17.7 Å². The van der Waals surface area contributed by atoms with Crippen LogP contribution in [0.2, 0.25) is 0 Å². The van der Waals surface area contributed by atoms with Crippen LogP contribution in [0, 0.1) is 5.92 Å². The average Bonchev–Trinajstić information content (AvgIpc) is 2.63. The van der Waals surface area contributed by atoms with Crippen molar-refractivity contribution in [3.63, 3.8) is 0 Å². The molecule has 1 heterocycles. The predicted molar refractivity (Wildman–Crippen MR) is 68.5 cm³/mol. The van der Waals surface area contributed by atoms with E-state index in [1.165, 1.54) is 11.3 Å². The van der Waals surface area contributed by atoms with Gasteiger partial charge in [0.15, 0.2) is 0 Å². The molecule has 0 bridgehead atoms. The monoisotopic (exact) mass is 324 g/mol. The molecule has 1 fully saturated rings. The number of halogens is 3. The lowest BCUT2D eigenvalue weighted by Gasteiger charge is -2.29. The maximum Gasteiger partial charge on any atom is 0.248 e. The Morgan fingerprint density at radius 2 is 2.29 bits per heavy atom. The van der Waals surface area contributed by atoms with Crippen molar-refractivity contribution in [1.29, 1.82) is 0 Å². The van der Waals surface area contributed by atoms with E-state index < -0.39 is 12.0 Å². The molecule has 0 radical (unpaired) electrons. The summed E-state index contributed by atoms with van der Waals surface area (Å²) in [6.07, 6.45) is 1.14. The Morgan fingerprint density at radius 3 is 2.88 bits per heavy atom. The molecule has 96 valence electrons. The molecule has 1 aromatic heterocycles. The third-order valence-electron chi connectivity index (χ3n) is 3.22. The van der Waals surface area contributed by atoms with Crippen LogP contribution in [0.25, 0.3) is 0 Å². The first kappa shape index (κ1) is 13.4. The quantitative estimate of drug-likeness (QED) is 0.849. The first-order chi connectivity index (χ1) is 7.96. The van der Waals surface area contributed by atoms with Gasteiger partial charge in [-0.25, -0.2) is 8.78 Å². The summed E-state index contributed by atoms with van der Waals surface area (Å²) < 4.78 is 27.4. The molecule has 0 spiro atoms. The Hall–Kier alpha value is -0.0000000000000000833. The van der Waals surface area contributed by atoms with Gasteiger partial charge in [0.25, 0.3) is 0 Å². The topological polar surface area (TPSA) is 20.2 Å². The molecule has 2 atom stereocenters. The number of alkyl halides is 2. The molecule has 1 nitrogen and oxygen atoms in total. The summed E-state index contributed by atoms with van der Waals surface area (Å²) in [4.78, 5) is 0.853. The summed E-state index contributed by atoms with van der Waals surface area (Å²) in [5.74, 6) is -2.59. The second-order valence-corrected chi connectivity index (χ2v) is 7.21. The van der Waals surface area contributed by atoms with E-state index in [9.17, 15) is 13.9 Å². The molecule has 0 aliphatic heterocycles. The molecule has 0 amide bonds. The van der Waals surface area contributed by atoms with Crippen molar-refractivity contribution in [2.75, 3.05) is 0 Å². The van der Waals surface area contributed by atoms with Crippen LogP contribution in [0.1, 0.15) is 43.1 Å². The maximum atomic E-state index is 13.2. The van der Waals surface area contributed by atoms with Gasteiger partial charge in [0.1, 0.15) is 0 Å². The summed E-state index contributed by atoms with van der Waals surface area (Å²) in [6.45, 7) is 0. The number of aliphatic hydroxyl groups excluding tert-OH is 1. The largest absolute Gasteiger partial charge is 0.388 e. The first-order valence-corrected chi connectivity index (χ1v) is 7.38. The van der Waals surface area contributed by atoms with E-state index in [1.54, 1.807) is 0 Å². The summed E-state index contributed by atoms with van der Waals surface area (Å²) in [5.41, 5.74) is 0. The van der Waals surface area contributed by atoms with Crippen LogP contribution in [0.4, 0.5) is 8.78 Å². The lowest BCUT2D eigenvalue weighted by atomic mass is 9.83. The van der Waals surface area contributed by atoms with Crippen LogP contribution >= 0.6 is 27.3 Å². The van der Waals surface area contributed by atoms with Crippen LogP contribution in [0.15, 0.2) is 15.9 Å². The molecular formula is C12H15BrF2OS. The van der Waals surface area contributed by atoms with Crippen molar-refractivity contribution in [3.05, 3.63) is 20.8 Å². The highest BCUT2D eigenvalue weighted by atomic mass is 79.9. The van der Waals surface area contributed by atoms with Crippen molar-refractivity contribution in [1.82, 2.24) is 0 Å². The lowest BCUT2D eigenvalue weighted by molar-refractivity contribution is -0.0589. The Kier molecular flexibility index (Phi) is 4.21. The maximum absolute atomic E-state index is 13.2. The molecule has 1 N–H and O–H groups in total. The normalized spacial score (nSPS) is 25.8. The Bertz CT molecular complexity index is 380. The van der Waals surface area contributed by atoms with Crippen molar-refractivity contribution in [2.45, 2.75) is 44.1 Å². The fourth-order valence-corrected chi connectivity index (χ4v) is 3.84. The smallest absolute Gasteiger partial charge is 0.248 e. The van der Waals surface area contributed by atoms with E-state index in [4.69, 9.17) is 0 Å². The summed E-state index contributed by atoms with van der Waals surface area (Å²) >= 11 is 4.79. The van der Waals surface area contributed by atoms with E-state index in [2.05, 4.69) is 15.9 Å². The number of thiophene rings is 1. The van der Waals surface area contributed by atoms with Gasteiger partial charge in [-0.3, -0.25) is 0 Å². The number of hydrogen-bond donors (Lipinski definition) is 1. The second kappa shape index (κ2) is 5.33. The molecule has 1 aromatic rings. The van der Waals surface area contributed by atoms with Crippen molar-refractivity contribution in [3.8, 4) is 0 Å². The minimum Gasteiger partial charge on any atom is -0.388 e. The molecule has 1 aliphatic rings. The minimum atomic E-state index is -2.53. The zero-order valence-corrected chi connectivity index (χ0v) is 11.7. The molecule has 2 unspecified atom stereocenters. The molecule has 0 saturated heterocycles. The molecule has 17 heavy (non-hydrogen) atoms. The van der Waals surface area contributed by atoms with E-state index in [0.29, 0.717) is 12.8 Å². The fourth-order valence-electron chi connectivity index (χ4n) is 2.42. The minimum absolute atomic E-state index is 0.00411. The Labute approximate surface area is 112 Å². The van der Waals surface area contributed by atoms with Crippen molar-refractivity contribution >= 4 is 27.3 Å². The summed E-state index contributed by atoms with van der Waals surface area (Å²) in [7, 11) is 0. The fraction of sp³-hybridized carbons (Fsp3) is 0.667. The molecule has 5 heteroatoms. The zero-order valence-electron chi connectivity index (χ0n) is 9.33. The first-order valence-electron chi connectivity index (χ1n) is 5.77. The van der Waals surface area contributed by atoms with Crippen molar-refractivity contribution < 1.29 is 13.9 Å². The Morgan fingerprint density at radius 1 is 1.53 bits per heavy atom. The van der Waals surface area contributed by atoms with Gasteiger partial charge in [0.2, 0.25) is 5.92 Å². The number of rotatable bonds is 3. The van der Waals surface area contributed by atoms with Crippen LogP contribution in [-0.4, -0.2) is 11.0 Å². The molecular weight excluding hydrogens is 310 g/mol. The van der Waals surface area contributed by atoms with Gasteiger partial charge >= 0.3 is 0 Å². The Balaban J connectivity index is 1.92. The van der Waals surface area contributed by atoms with E-state index in [1.807, 2.05) is 12.1 Å². The molecule has 0 aromatic carbocycles. The number of aliphatic hydroxyl groups is 1. The molecule has 1 saturated carbocycles. The SMILES string of the molecule is OC(CC1CCCC(F)(F)C1)c1ccc(Br)s1. The van der Waals surface area contributed by atoms with Gasteiger partial charge < -0.3 is 5.11 Å². The standard InChI is InChI=1S/C12H15BrF2OS/c13-11-4-3-10(17-11)9(16)6-8-2-1-5-12(14,15)7-8/h3-4,8-9,16H,1-2,5-7H2. The number of hydrogen-bond acceptors (Lipinski definition) is 2. The van der Waals surface area contributed by atoms with Gasteiger partial charge in [-0.2, -0.15) is 0 Å². The second-order valence-electron chi connectivity index (χ2n) is 4.71. The van der Waals surface area contributed by atoms with E-state index in [0.717, 1.165) is 15.1 Å². The van der Waals surface area contributed by atoms with Crippen LogP contribution in [0.5, 0.6) is 0 Å². The van der Waals surface area contributed by atoms with E-state index >= 15 is 0 Å². The van der Waals surface area contributed by atoms with Gasteiger partial charge in [-0.15, -0.1) is 11.3 Å². The van der Waals surface area contributed by atoms with Gasteiger partial charge in [-0.1, -0.05) is 0 Å². The lowest BCUT2D eigenvalue weighted by Crippen LogP contribution is -2.26. The average molecular weight is 325 g/mol. The third-order valence-corrected chi connectivity index (χ3v) is 4.95.